The van der Waals surface area contributed by atoms with E-state index in [1.807, 2.05) is 0 Å². The molecule has 2 N–H and O–H groups in total. The van der Waals surface area contributed by atoms with Gasteiger partial charge >= 0.3 is 0 Å². The summed E-state index contributed by atoms with van der Waals surface area (Å²) in [5, 5.41) is 3.27. The van der Waals surface area contributed by atoms with Gasteiger partial charge in [-0.1, -0.05) is 0 Å². The van der Waals surface area contributed by atoms with Crippen molar-refractivity contribution < 1.29 is 13.3 Å². The normalized spacial score (nSPS) is 10.4. The highest BCUT2D eigenvalue weighted by molar-refractivity contribution is 5.54. The number of nitrogen functional groups attached to an aromatic ring is 1. The molecule has 1 heterocycles. The van der Waals surface area contributed by atoms with Crippen molar-refractivity contribution in [3.63, 3.8) is 0 Å². The fourth-order valence-electron chi connectivity index (χ4n) is 1.01. The van der Waals surface area contributed by atoms with Crippen molar-refractivity contribution in [3.8, 4) is 11.5 Å². The summed E-state index contributed by atoms with van der Waals surface area (Å²) in [6.45, 7) is 0. The van der Waals surface area contributed by atoms with Crippen LogP contribution in [0.25, 0.3) is 11.5 Å². The van der Waals surface area contributed by atoms with Crippen LogP contribution in [0.15, 0.2) is 22.7 Å². The molecule has 0 atom stereocenters. The summed E-state index contributed by atoms with van der Waals surface area (Å²) in [4.78, 5) is 3.58. The first-order chi connectivity index (χ1) is 6.66. The van der Waals surface area contributed by atoms with Crippen molar-refractivity contribution in [1.29, 1.82) is 0 Å². The number of rotatable bonds is 1. The predicted octanol–water partition coefficient (Wildman–Crippen LogP) is 1.60. The van der Waals surface area contributed by atoms with Crippen LogP contribution >= 0.6 is 0 Å². The molecule has 0 aliphatic rings. The van der Waals surface area contributed by atoms with Crippen LogP contribution < -0.4 is 5.73 Å². The van der Waals surface area contributed by atoms with Gasteiger partial charge in [0, 0.05) is 0 Å². The number of nitrogens with zero attached hydrogens (tertiary/aromatic N) is 2. The molecule has 1 aromatic carbocycles. The van der Waals surface area contributed by atoms with Gasteiger partial charge in [-0.15, -0.1) is 0 Å². The van der Waals surface area contributed by atoms with Crippen LogP contribution in [0.5, 0.6) is 0 Å². The highest BCUT2D eigenvalue weighted by Crippen LogP contribution is 2.22. The second-order valence-corrected chi connectivity index (χ2v) is 2.58. The van der Waals surface area contributed by atoms with E-state index in [4.69, 9.17) is 5.73 Å². The maximum absolute atomic E-state index is 13.1. The van der Waals surface area contributed by atoms with E-state index in [1.165, 1.54) is 0 Å². The fraction of sp³-hybridized carbons (Fsp3) is 0. The summed E-state index contributed by atoms with van der Waals surface area (Å²) in [5.41, 5.74) is 5.07. The molecule has 1 aromatic heterocycles. The predicted molar refractivity (Wildman–Crippen MR) is 44.1 cm³/mol. The summed E-state index contributed by atoms with van der Waals surface area (Å²) in [7, 11) is 0. The molecule has 0 bridgehead atoms. The Hall–Kier alpha value is -1.98. The summed E-state index contributed by atoms with van der Waals surface area (Å²) in [6.07, 6.45) is 0. The van der Waals surface area contributed by atoms with Crippen LogP contribution in [0, 0.1) is 11.6 Å². The Morgan fingerprint density at radius 1 is 1.29 bits per heavy atom. The molecule has 0 amide bonds. The van der Waals surface area contributed by atoms with Gasteiger partial charge in [-0.25, -0.2) is 8.78 Å². The monoisotopic (exact) mass is 197 g/mol. The van der Waals surface area contributed by atoms with Crippen LogP contribution in [0.3, 0.4) is 0 Å². The lowest BCUT2D eigenvalue weighted by molar-refractivity contribution is 0.430. The molecule has 72 valence electrons. The van der Waals surface area contributed by atoms with Gasteiger partial charge in [0.2, 0.25) is 0 Å². The van der Waals surface area contributed by atoms with Gasteiger partial charge in [0.25, 0.3) is 11.8 Å². The summed E-state index contributed by atoms with van der Waals surface area (Å²) in [6, 6.07) is 2.94. The maximum atomic E-state index is 13.1. The number of anilines is 1. The zero-order chi connectivity index (χ0) is 10.1. The number of halogens is 2. The minimum Gasteiger partial charge on any atom is -0.365 e. The number of aromatic nitrogens is 2. The Kier molecular flexibility index (Phi) is 1.88. The average Bonchev–Trinajstić information content (AvgIpc) is 2.56. The minimum atomic E-state index is -0.643. The second kappa shape index (κ2) is 3.06. The average molecular weight is 197 g/mol. The number of hydrogen-bond donors (Lipinski definition) is 1. The van der Waals surface area contributed by atoms with Crippen molar-refractivity contribution in [3.05, 3.63) is 29.8 Å². The van der Waals surface area contributed by atoms with Crippen molar-refractivity contribution in [2.24, 2.45) is 0 Å². The third-order valence-corrected chi connectivity index (χ3v) is 1.60. The zero-order valence-electron chi connectivity index (χ0n) is 6.87. The first kappa shape index (κ1) is 8.61. The molecule has 0 aliphatic carbocycles. The van der Waals surface area contributed by atoms with Crippen LogP contribution in [-0.4, -0.2) is 10.1 Å². The van der Waals surface area contributed by atoms with E-state index in [1.54, 1.807) is 0 Å². The molecule has 2 rings (SSSR count). The van der Waals surface area contributed by atoms with Crippen LogP contribution in [-0.2, 0) is 0 Å². The van der Waals surface area contributed by atoms with Gasteiger partial charge in [-0.3, -0.25) is 0 Å². The molecule has 0 radical (unpaired) electrons. The topological polar surface area (TPSA) is 64.9 Å². The summed E-state index contributed by atoms with van der Waals surface area (Å²) in [5.74, 6) is -1.49. The summed E-state index contributed by atoms with van der Waals surface area (Å²) >= 11 is 0. The molecular weight excluding hydrogens is 192 g/mol. The Labute approximate surface area is 77.3 Å². The molecule has 4 nitrogen and oxygen atoms in total. The number of benzene rings is 1. The van der Waals surface area contributed by atoms with Gasteiger partial charge in [0.15, 0.2) is 0 Å². The molecule has 0 aliphatic heterocycles. The van der Waals surface area contributed by atoms with Gasteiger partial charge in [0.1, 0.15) is 11.6 Å². The molecule has 0 fully saturated rings. The molecule has 0 spiro atoms. The lowest BCUT2D eigenvalue weighted by Gasteiger charge is -1.95. The van der Waals surface area contributed by atoms with E-state index in [2.05, 4.69) is 14.7 Å². The van der Waals surface area contributed by atoms with Gasteiger partial charge in [-0.2, -0.15) is 4.98 Å². The molecule has 0 saturated carbocycles. The third kappa shape index (κ3) is 1.41. The second-order valence-electron chi connectivity index (χ2n) is 2.58. The standard InChI is InChI=1S/C8H5F2N3O/c9-4-1-2-6(10)5(3-4)7-12-8(11)13-14-7/h1-3H,(H2,11,13). The van der Waals surface area contributed by atoms with Gasteiger partial charge in [-0.05, 0) is 23.4 Å². The highest BCUT2D eigenvalue weighted by atomic mass is 19.1. The lowest BCUT2D eigenvalue weighted by atomic mass is 10.2. The summed E-state index contributed by atoms with van der Waals surface area (Å²) < 4.78 is 30.5. The minimum absolute atomic E-state index is 0.103. The molecule has 2 aromatic rings. The van der Waals surface area contributed by atoms with Crippen molar-refractivity contribution in [2.75, 3.05) is 5.73 Å². The largest absolute Gasteiger partial charge is 0.365 e. The molecule has 0 saturated heterocycles. The van der Waals surface area contributed by atoms with Crippen molar-refractivity contribution in [1.82, 2.24) is 10.1 Å². The molecule has 6 heteroatoms. The number of hydrogen-bond acceptors (Lipinski definition) is 4. The van der Waals surface area contributed by atoms with Gasteiger partial charge < -0.3 is 10.3 Å². The lowest BCUT2D eigenvalue weighted by Crippen LogP contribution is -1.88. The van der Waals surface area contributed by atoms with Crippen LogP contribution in [0.2, 0.25) is 0 Å². The third-order valence-electron chi connectivity index (χ3n) is 1.60. The van der Waals surface area contributed by atoms with Gasteiger partial charge in [0.05, 0.1) is 5.56 Å². The van der Waals surface area contributed by atoms with Crippen LogP contribution in [0.1, 0.15) is 0 Å². The fourth-order valence-corrected chi connectivity index (χ4v) is 1.01. The van der Waals surface area contributed by atoms with Crippen LogP contribution in [0.4, 0.5) is 14.7 Å². The van der Waals surface area contributed by atoms with Crippen molar-refractivity contribution in [2.45, 2.75) is 0 Å². The van der Waals surface area contributed by atoms with E-state index >= 15 is 0 Å². The quantitative estimate of drug-likeness (QED) is 0.753. The Morgan fingerprint density at radius 2 is 2.07 bits per heavy atom. The SMILES string of the molecule is Nc1noc(-c2cc(F)ccc2F)n1. The van der Waals surface area contributed by atoms with E-state index in [-0.39, 0.29) is 17.4 Å². The highest BCUT2D eigenvalue weighted by Gasteiger charge is 2.12. The van der Waals surface area contributed by atoms with E-state index in [0.717, 1.165) is 18.2 Å². The smallest absolute Gasteiger partial charge is 0.262 e. The van der Waals surface area contributed by atoms with Crippen molar-refractivity contribution >= 4 is 5.95 Å². The van der Waals surface area contributed by atoms with E-state index < -0.39 is 11.6 Å². The maximum Gasteiger partial charge on any atom is 0.262 e. The zero-order valence-corrected chi connectivity index (χ0v) is 6.87. The Balaban J connectivity index is 2.55. The first-order valence-corrected chi connectivity index (χ1v) is 3.71. The Morgan fingerprint density at radius 3 is 2.71 bits per heavy atom. The molecular formula is C8H5F2N3O. The van der Waals surface area contributed by atoms with E-state index in [0.29, 0.717) is 0 Å². The Bertz CT molecular complexity index is 469. The number of nitrogens with two attached hydrogens (primary N) is 1. The van der Waals surface area contributed by atoms with E-state index in [9.17, 15) is 8.78 Å². The molecule has 14 heavy (non-hydrogen) atoms. The first-order valence-electron chi connectivity index (χ1n) is 3.71. The molecule has 0 unspecified atom stereocenters.